The number of nitrogens with one attached hydrogen (secondary N) is 1. The number of aromatic nitrogens is 1. The maximum Gasteiger partial charge on any atom is 0.251 e. The Balaban J connectivity index is 1.79. The van der Waals surface area contributed by atoms with Crippen molar-refractivity contribution in [3.63, 3.8) is 0 Å². The number of primary amides is 1. The lowest BCUT2D eigenvalue weighted by molar-refractivity contribution is 0.0989. The predicted molar refractivity (Wildman–Crippen MR) is 113 cm³/mol. The van der Waals surface area contributed by atoms with Gasteiger partial charge in [0.05, 0.1) is 5.56 Å². The van der Waals surface area contributed by atoms with Crippen molar-refractivity contribution in [2.75, 3.05) is 5.73 Å². The minimum atomic E-state index is -0.506. The molecule has 0 spiro atoms. The number of rotatable bonds is 3. The van der Waals surface area contributed by atoms with Gasteiger partial charge in [0.25, 0.3) is 5.91 Å². The van der Waals surface area contributed by atoms with E-state index in [1.54, 1.807) is 0 Å². The molecule has 2 bridgehead atoms. The number of piperidine rings is 2. The summed E-state index contributed by atoms with van der Waals surface area (Å²) in [6.07, 6.45) is 6.44. The van der Waals surface area contributed by atoms with Gasteiger partial charge in [0, 0.05) is 34.0 Å². The third-order valence-electron chi connectivity index (χ3n) is 6.67. The van der Waals surface area contributed by atoms with Gasteiger partial charge in [-0.15, -0.1) is 0 Å². The number of carbonyl (C=O) groups is 1. The molecule has 2 fully saturated rings. The van der Waals surface area contributed by atoms with Gasteiger partial charge in [0.2, 0.25) is 5.89 Å². The molecule has 6 heteroatoms. The highest BCUT2D eigenvalue weighted by Crippen LogP contribution is 2.47. The van der Waals surface area contributed by atoms with Crippen LogP contribution in [-0.4, -0.2) is 16.9 Å². The van der Waals surface area contributed by atoms with Crippen molar-refractivity contribution in [1.82, 2.24) is 10.3 Å². The Morgan fingerprint density at radius 2 is 1.90 bits per heavy atom. The minimum absolute atomic E-state index is 0.319. The van der Waals surface area contributed by atoms with Gasteiger partial charge < -0.3 is 21.2 Å². The topological polar surface area (TPSA) is 107 Å². The lowest BCUT2D eigenvalue weighted by atomic mass is 9.70. The maximum absolute atomic E-state index is 12.7. The summed E-state index contributed by atoms with van der Waals surface area (Å²) in [5, 5.41) is 3.80. The van der Waals surface area contributed by atoms with Crippen molar-refractivity contribution < 1.29 is 9.21 Å². The second kappa shape index (κ2) is 6.59. The number of nitrogen functional groups attached to an aromatic ring is 1. The van der Waals surface area contributed by atoms with Crippen LogP contribution in [0.1, 0.15) is 60.0 Å². The zero-order valence-electron chi connectivity index (χ0n) is 16.6. The van der Waals surface area contributed by atoms with Crippen molar-refractivity contribution in [2.24, 2.45) is 5.73 Å². The first-order chi connectivity index (χ1) is 14.0. The third-order valence-corrected chi connectivity index (χ3v) is 6.67. The van der Waals surface area contributed by atoms with Crippen LogP contribution in [0.5, 0.6) is 0 Å². The van der Waals surface area contributed by atoms with Gasteiger partial charge in [-0.25, -0.2) is 4.98 Å². The molecule has 2 saturated heterocycles. The number of amides is 1. The standard InChI is InChI=1S/C23H26N4O2/c1-13-18(24)17(23-11-5-9-15(27-23)10-6-12-23)16(21(25)28)19-20(13)29-22(26-19)14-7-3-2-4-8-14/h2-4,7-8,15,27H,5-6,9-12,24H2,1H3,(H2,25,28). The number of anilines is 1. The lowest BCUT2D eigenvalue weighted by Crippen LogP contribution is -2.55. The first-order valence-electron chi connectivity index (χ1n) is 10.4. The van der Waals surface area contributed by atoms with Crippen molar-refractivity contribution in [1.29, 1.82) is 0 Å². The fraction of sp³-hybridized carbons (Fsp3) is 0.391. The smallest absolute Gasteiger partial charge is 0.251 e. The molecular weight excluding hydrogens is 364 g/mol. The molecule has 3 aromatic rings. The van der Waals surface area contributed by atoms with Gasteiger partial charge in [-0.3, -0.25) is 4.79 Å². The monoisotopic (exact) mass is 390 g/mol. The Hall–Kier alpha value is -2.86. The molecule has 150 valence electrons. The molecule has 5 N–H and O–H groups in total. The van der Waals surface area contributed by atoms with Crippen molar-refractivity contribution in [3.8, 4) is 11.5 Å². The minimum Gasteiger partial charge on any atom is -0.436 e. The molecule has 5 rings (SSSR count). The Bertz CT molecular complexity index is 1090. The predicted octanol–water partition coefficient (Wildman–Crippen LogP) is 4.01. The first kappa shape index (κ1) is 18.2. The van der Waals surface area contributed by atoms with E-state index in [0.717, 1.165) is 55.2 Å². The Morgan fingerprint density at radius 1 is 1.21 bits per heavy atom. The summed E-state index contributed by atoms with van der Waals surface area (Å²) >= 11 is 0. The van der Waals surface area contributed by atoms with E-state index in [-0.39, 0.29) is 5.54 Å². The van der Waals surface area contributed by atoms with E-state index < -0.39 is 5.91 Å². The molecule has 2 aliphatic rings. The number of nitrogens with zero attached hydrogens (tertiary/aromatic N) is 1. The van der Waals surface area contributed by atoms with E-state index in [9.17, 15) is 4.79 Å². The normalized spacial score (nSPS) is 24.0. The van der Waals surface area contributed by atoms with Crippen LogP contribution in [0.3, 0.4) is 0 Å². The van der Waals surface area contributed by atoms with Gasteiger partial charge in [0.15, 0.2) is 5.58 Å². The van der Waals surface area contributed by atoms with Crippen LogP contribution in [0.15, 0.2) is 34.7 Å². The average molecular weight is 390 g/mol. The molecule has 0 radical (unpaired) electrons. The number of oxazole rings is 1. The molecule has 0 aliphatic carbocycles. The molecule has 1 amide bonds. The van der Waals surface area contributed by atoms with Gasteiger partial charge in [0.1, 0.15) is 5.52 Å². The molecule has 0 atom stereocenters. The summed E-state index contributed by atoms with van der Waals surface area (Å²) in [5.74, 6) is -0.0353. The van der Waals surface area contributed by atoms with E-state index in [2.05, 4.69) is 5.32 Å². The molecule has 6 nitrogen and oxygen atoms in total. The average Bonchev–Trinajstić information content (AvgIpc) is 3.16. The summed E-state index contributed by atoms with van der Waals surface area (Å²) < 4.78 is 6.08. The SMILES string of the molecule is Cc1c(N)c(C23CCCC(CCC2)N3)c(C(N)=O)c2nc(-c3ccccc3)oc12. The third kappa shape index (κ3) is 2.74. The molecule has 3 heterocycles. The summed E-state index contributed by atoms with van der Waals surface area (Å²) in [7, 11) is 0. The van der Waals surface area contributed by atoms with Gasteiger partial charge in [-0.05, 0) is 57.6 Å². The Labute approximate surface area is 169 Å². The van der Waals surface area contributed by atoms with E-state index in [0.29, 0.717) is 34.3 Å². The van der Waals surface area contributed by atoms with Crippen LogP contribution in [0.2, 0.25) is 0 Å². The van der Waals surface area contributed by atoms with Gasteiger partial charge >= 0.3 is 0 Å². The quantitative estimate of drug-likeness (QED) is 0.586. The zero-order chi connectivity index (χ0) is 20.2. The molecule has 1 aromatic heterocycles. The van der Waals surface area contributed by atoms with Crippen LogP contribution in [-0.2, 0) is 5.54 Å². The Kier molecular flexibility index (Phi) is 4.13. The number of benzene rings is 2. The number of carbonyl (C=O) groups excluding carboxylic acids is 1. The number of aryl methyl sites for hydroxylation is 1. The highest BCUT2D eigenvalue weighted by atomic mass is 16.3. The van der Waals surface area contributed by atoms with Gasteiger partial charge in [-0.2, -0.15) is 0 Å². The summed E-state index contributed by atoms with van der Waals surface area (Å²) in [5.41, 5.74) is 16.8. The largest absolute Gasteiger partial charge is 0.436 e. The molecular formula is C23H26N4O2. The number of hydrogen-bond donors (Lipinski definition) is 3. The molecule has 0 saturated carbocycles. The van der Waals surface area contributed by atoms with Crippen molar-refractivity contribution in [2.45, 2.75) is 57.0 Å². The summed E-state index contributed by atoms with van der Waals surface area (Å²) in [6.45, 7) is 1.94. The Morgan fingerprint density at radius 3 is 2.55 bits per heavy atom. The number of fused-ring (bicyclic) bond motifs is 3. The van der Waals surface area contributed by atoms with Crippen LogP contribution < -0.4 is 16.8 Å². The van der Waals surface area contributed by atoms with E-state index >= 15 is 0 Å². The van der Waals surface area contributed by atoms with Crippen molar-refractivity contribution in [3.05, 3.63) is 47.0 Å². The number of hydrogen-bond acceptors (Lipinski definition) is 5. The van der Waals surface area contributed by atoms with Crippen LogP contribution in [0.4, 0.5) is 5.69 Å². The fourth-order valence-corrected chi connectivity index (χ4v) is 5.32. The molecule has 2 aromatic carbocycles. The van der Waals surface area contributed by atoms with E-state index in [4.69, 9.17) is 20.9 Å². The van der Waals surface area contributed by atoms with E-state index in [1.807, 2.05) is 37.3 Å². The molecule has 2 aliphatic heterocycles. The summed E-state index contributed by atoms with van der Waals surface area (Å²) in [6, 6.07) is 10.1. The van der Waals surface area contributed by atoms with Crippen LogP contribution in [0, 0.1) is 6.92 Å². The van der Waals surface area contributed by atoms with Gasteiger partial charge in [-0.1, -0.05) is 18.2 Å². The summed E-state index contributed by atoms with van der Waals surface area (Å²) in [4.78, 5) is 17.4. The maximum atomic E-state index is 12.7. The highest BCUT2D eigenvalue weighted by molar-refractivity contribution is 6.08. The highest BCUT2D eigenvalue weighted by Gasteiger charge is 2.44. The zero-order valence-corrected chi connectivity index (χ0v) is 16.6. The molecule has 0 unspecified atom stereocenters. The van der Waals surface area contributed by atoms with Crippen LogP contribution >= 0.6 is 0 Å². The first-order valence-corrected chi connectivity index (χ1v) is 10.4. The van der Waals surface area contributed by atoms with E-state index in [1.165, 1.54) is 0 Å². The van der Waals surface area contributed by atoms with Crippen molar-refractivity contribution >= 4 is 22.7 Å². The second-order valence-corrected chi connectivity index (χ2v) is 8.42. The molecule has 29 heavy (non-hydrogen) atoms. The lowest BCUT2D eigenvalue weighted by Gasteiger charge is -2.48. The fourth-order valence-electron chi connectivity index (χ4n) is 5.32. The number of nitrogens with two attached hydrogens (primary N) is 2. The second-order valence-electron chi connectivity index (χ2n) is 8.42. The van der Waals surface area contributed by atoms with Crippen LogP contribution in [0.25, 0.3) is 22.6 Å².